The molecule has 4 nitrogen and oxygen atoms in total. The number of nitrogens with zero attached hydrogens (tertiary/aromatic N) is 1. The molecule has 0 unspecified atom stereocenters. The van der Waals surface area contributed by atoms with Crippen LogP contribution in [0.3, 0.4) is 0 Å². The fourth-order valence-corrected chi connectivity index (χ4v) is 1.77. The quantitative estimate of drug-likeness (QED) is 0.201. The Bertz CT molecular complexity index is 192. The number of unbranched alkanes of at least 4 members (excludes halogenated alkanes) is 2. The number of hydrazine groups is 1. The molecule has 0 spiro atoms. The van der Waals surface area contributed by atoms with Crippen LogP contribution in [0.2, 0.25) is 0 Å². The second kappa shape index (κ2) is 7.82. The van der Waals surface area contributed by atoms with E-state index in [-0.39, 0.29) is 0 Å². The van der Waals surface area contributed by atoms with E-state index in [4.69, 9.17) is 5.84 Å². The van der Waals surface area contributed by atoms with E-state index in [0.29, 0.717) is 6.04 Å². The molecule has 0 amide bonds. The van der Waals surface area contributed by atoms with Crippen LogP contribution in [0.4, 0.5) is 0 Å². The SMILES string of the molecule is CSCCCCCN=C(NN)NC1CC1. The first-order chi connectivity index (χ1) is 7.36. The Balaban J connectivity index is 2.00. The predicted octanol–water partition coefficient (Wildman–Crippen LogP) is 1.09. The van der Waals surface area contributed by atoms with Gasteiger partial charge in [0.15, 0.2) is 0 Å². The summed E-state index contributed by atoms with van der Waals surface area (Å²) in [4.78, 5) is 4.38. The minimum atomic E-state index is 0.608. The van der Waals surface area contributed by atoms with Crippen LogP contribution in [0.5, 0.6) is 0 Å². The molecule has 1 fully saturated rings. The summed E-state index contributed by atoms with van der Waals surface area (Å²) in [5.74, 6) is 7.37. The van der Waals surface area contributed by atoms with E-state index in [2.05, 4.69) is 22.0 Å². The predicted molar refractivity (Wildman–Crippen MR) is 68.0 cm³/mol. The highest BCUT2D eigenvalue weighted by atomic mass is 32.2. The van der Waals surface area contributed by atoms with Crippen molar-refractivity contribution in [2.24, 2.45) is 10.8 Å². The van der Waals surface area contributed by atoms with E-state index >= 15 is 0 Å². The first-order valence-corrected chi connectivity index (χ1v) is 7.02. The molecule has 0 aromatic rings. The molecule has 88 valence electrons. The third-order valence-electron chi connectivity index (χ3n) is 2.33. The molecular weight excluding hydrogens is 208 g/mol. The molecule has 0 aromatic heterocycles. The van der Waals surface area contributed by atoms with Gasteiger partial charge in [-0.15, -0.1) is 0 Å². The van der Waals surface area contributed by atoms with Gasteiger partial charge in [0, 0.05) is 12.6 Å². The average molecular weight is 230 g/mol. The molecule has 1 aliphatic carbocycles. The van der Waals surface area contributed by atoms with Crippen molar-refractivity contribution >= 4 is 17.7 Å². The molecule has 1 saturated carbocycles. The maximum Gasteiger partial charge on any atom is 0.205 e. The Morgan fingerprint density at radius 2 is 2.20 bits per heavy atom. The van der Waals surface area contributed by atoms with Crippen molar-refractivity contribution in [3.8, 4) is 0 Å². The van der Waals surface area contributed by atoms with Gasteiger partial charge >= 0.3 is 0 Å². The number of hydrogen-bond donors (Lipinski definition) is 3. The highest BCUT2D eigenvalue weighted by Crippen LogP contribution is 2.18. The second-order valence-corrected chi connectivity index (χ2v) is 4.83. The van der Waals surface area contributed by atoms with Crippen molar-refractivity contribution in [1.29, 1.82) is 0 Å². The van der Waals surface area contributed by atoms with Crippen LogP contribution in [-0.4, -0.2) is 30.6 Å². The van der Waals surface area contributed by atoms with Crippen molar-refractivity contribution in [1.82, 2.24) is 10.7 Å². The van der Waals surface area contributed by atoms with Gasteiger partial charge in [0.1, 0.15) is 0 Å². The maximum absolute atomic E-state index is 5.36. The van der Waals surface area contributed by atoms with E-state index in [9.17, 15) is 0 Å². The number of guanidine groups is 1. The standard InChI is InChI=1S/C10H22N4S/c1-15-8-4-2-3-7-12-10(14-11)13-9-5-6-9/h9H,2-8,11H2,1H3,(H2,12,13,14). The van der Waals surface area contributed by atoms with Crippen molar-refractivity contribution in [2.45, 2.75) is 38.1 Å². The summed E-state index contributed by atoms with van der Waals surface area (Å²) < 4.78 is 0. The number of nitrogens with one attached hydrogen (secondary N) is 2. The third-order valence-corrected chi connectivity index (χ3v) is 3.03. The zero-order chi connectivity index (χ0) is 10.9. The van der Waals surface area contributed by atoms with E-state index in [1.807, 2.05) is 11.8 Å². The Morgan fingerprint density at radius 1 is 1.40 bits per heavy atom. The monoisotopic (exact) mass is 230 g/mol. The number of nitrogens with two attached hydrogens (primary N) is 1. The number of hydrogen-bond acceptors (Lipinski definition) is 3. The first-order valence-electron chi connectivity index (χ1n) is 5.63. The normalized spacial score (nSPS) is 16.5. The summed E-state index contributed by atoms with van der Waals surface area (Å²) in [7, 11) is 0. The molecule has 0 saturated heterocycles. The molecule has 15 heavy (non-hydrogen) atoms. The van der Waals surface area contributed by atoms with Gasteiger partial charge < -0.3 is 5.32 Å². The van der Waals surface area contributed by atoms with Crippen molar-refractivity contribution in [2.75, 3.05) is 18.6 Å². The van der Waals surface area contributed by atoms with Crippen LogP contribution in [0.1, 0.15) is 32.1 Å². The van der Waals surface area contributed by atoms with Crippen LogP contribution in [0.15, 0.2) is 4.99 Å². The van der Waals surface area contributed by atoms with Gasteiger partial charge in [0.05, 0.1) is 0 Å². The number of aliphatic imine (C=N–C) groups is 1. The Morgan fingerprint density at radius 3 is 2.80 bits per heavy atom. The Kier molecular flexibility index (Phi) is 6.59. The van der Waals surface area contributed by atoms with Crippen molar-refractivity contribution in [3.05, 3.63) is 0 Å². The van der Waals surface area contributed by atoms with Gasteiger partial charge in [-0.3, -0.25) is 10.4 Å². The molecule has 0 radical (unpaired) electrons. The second-order valence-electron chi connectivity index (χ2n) is 3.85. The summed E-state index contributed by atoms with van der Waals surface area (Å²) in [6.07, 6.45) is 8.33. The van der Waals surface area contributed by atoms with Crippen LogP contribution >= 0.6 is 11.8 Å². The minimum absolute atomic E-state index is 0.608. The fraction of sp³-hybridized carbons (Fsp3) is 0.900. The van der Waals surface area contributed by atoms with Gasteiger partial charge in [0.2, 0.25) is 5.96 Å². The van der Waals surface area contributed by atoms with Gasteiger partial charge in [0.25, 0.3) is 0 Å². The topological polar surface area (TPSA) is 62.4 Å². The molecule has 0 heterocycles. The minimum Gasteiger partial charge on any atom is -0.353 e. The lowest BCUT2D eigenvalue weighted by atomic mass is 10.2. The summed E-state index contributed by atoms with van der Waals surface area (Å²) in [5.41, 5.74) is 2.61. The summed E-state index contributed by atoms with van der Waals surface area (Å²) >= 11 is 1.91. The first kappa shape index (κ1) is 12.6. The summed E-state index contributed by atoms with van der Waals surface area (Å²) in [6.45, 7) is 0.869. The average Bonchev–Trinajstić information content (AvgIpc) is 3.05. The van der Waals surface area contributed by atoms with Gasteiger partial charge in [-0.2, -0.15) is 11.8 Å². The van der Waals surface area contributed by atoms with Crippen LogP contribution < -0.4 is 16.6 Å². The molecule has 0 atom stereocenters. The summed E-state index contributed by atoms with van der Waals surface area (Å²) in [6, 6.07) is 0.608. The molecule has 0 bridgehead atoms. The largest absolute Gasteiger partial charge is 0.353 e. The molecule has 0 aromatic carbocycles. The van der Waals surface area contributed by atoms with Crippen LogP contribution in [0, 0.1) is 0 Å². The number of thioether (sulfide) groups is 1. The van der Waals surface area contributed by atoms with E-state index in [1.165, 1.54) is 31.4 Å². The Hall–Kier alpha value is -0.420. The van der Waals surface area contributed by atoms with Gasteiger partial charge in [-0.05, 0) is 37.7 Å². The van der Waals surface area contributed by atoms with Crippen LogP contribution in [-0.2, 0) is 0 Å². The molecule has 4 N–H and O–H groups in total. The van der Waals surface area contributed by atoms with Gasteiger partial charge in [-0.25, -0.2) is 5.84 Å². The lowest BCUT2D eigenvalue weighted by molar-refractivity contribution is 0.722. The fourth-order valence-electron chi connectivity index (χ4n) is 1.28. The highest BCUT2D eigenvalue weighted by Gasteiger charge is 2.21. The highest BCUT2D eigenvalue weighted by molar-refractivity contribution is 7.98. The lowest BCUT2D eigenvalue weighted by Crippen LogP contribution is -2.42. The molecule has 1 aliphatic rings. The number of rotatable bonds is 7. The van der Waals surface area contributed by atoms with E-state index in [0.717, 1.165) is 18.9 Å². The van der Waals surface area contributed by atoms with Gasteiger partial charge in [-0.1, -0.05) is 6.42 Å². The zero-order valence-electron chi connectivity index (χ0n) is 9.46. The molecule has 0 aliphatic heterocycles. The molecule has 5 heteroatoms. The molecular formula is C10H22N4S. The maximum atomic E-state index is 5.36. The van der Waals surface area contributed by atoms with Crippen molar-refractivity contribution in [3.63, 3.8) is 0 Å². The molecule has 1 rings (SSSR count). The van der Waals surface area contributed by atoms with E-state index < -0.39 is 0 Å². The summed E-state index contributed by atoms with van der Waals surface area (Å²) in [5, 5.41) is 3.25. The third kappa shape index (κ3) is 6.62. The Labute approximate surface area is 96.4 Å². The zero-order valence-corrected chi connectivity index (χ0v) is 10.3. The smallest absolute Gasteiger partial charge is 0.205 e. The van der Waals surface area contributed by atoms with Crippen molar-refractivity contribution < 1.29 is 0 Å². The van der Waals surface area contributed by atoms with Crippen LogP contribution in [0.25, 0.3) is 0 Å². The van der Waals surface area contributed by atoms with E-state index in [1.54, 1.807) is 0 Å². The lowest BCUT2D eigenvalue weighted by Gasteiger charge is -2.07.